The van der Waals surface area contributed by atoms with E-state index in [2.05, 4.69) is 5.32 Å². The van der Waals surface area contributed by atoms with Gasteiger partial charge in [0, 0.05) is 12.1 Å². The Morgan fingerprint density at radius 2 is 1.79 bits per heavy atom. The SMILES string of the molecule is CCNC(=O)C(C)(C)n1c(=O)c2c(C)c(C(=O)OCC)sc2n(C[C@H](OC(C)C)c2ccccc2OC)c1=O. The molecule has 1 atom stereocenters. The fourth-order valence-electron chi connectivity index (χ4n) is 4.51. The standard InChI is InChI=1S/C28H37N3O7S/c1-9-29-26(34)28(6,7)31-23(32)21-17(5)22(25(33)37-10-2)39-24(21)30(27(31)35)15-20(38-16(3)4)18-13-11-12-14-19(18)36-8/h11-14,16,20H,9-10,15H2,1-8H3,(H,29,34)/t20-/m0/s1. The number of likely N-dealkylation sites (N-methyl/N-ethyl adjacent to an activating group) is 1. The monoisotopic (exact) mass is 559 g/mol. The van der Waals surface area contributed by atoms with Gasteiger partial charge in [-0.2, -0.15) is 0 Å². The van der Waals surface area contributed by atoms with Crippen LogP contribution in [0.25, 0.3) is 10.2 Å². The molecule has 0 saturated carbocycles. The number of amides is 1. The number of nitrogens with one attached hydrogen (secondary N) is 1. The maximum absolute atomic E-state index is 14.1. The Bertz CT molecular complexity index is 1480. The predicted molar refractivity (Wildman–Crippen MR) is 151 cm³/mol. The zero-order valence-corrected chi connectivity index (χ0v) is 24.6. The summed E-state index contributed by atoms with van der Waals surface area (Å²) in [6.45, 7) is 12.4. The van der Waals surface area contributed by atoms with E-state index in [1.54, 1.807) is 33.9 Å². The normalized spacial score (nSPS) is 12.5. The number of benzene rings is 1. The van der Waals surface area contributed by atoms with E-state index in [9.17, 15) is 19.2 Å². The van der Waals surface area contributed by atoms with Gasteiger partial charge in [-0.15, -0.1) is 11.3 Å². The first-order chi connectivity index (χ1) is 18.4. The van der Waals surface area contributed by atoms with Crippen molar-refractivity contribution < 1.29 is 23.8 Å². The number of hydrogen-bond acceptors (Lipinski definition) is 8. The van der Waals surface area contributed by atoms with Crippen LogP contribution in [0.1, 0.15) is 68.4 Å². The zero-order chi connectivity index (χ0) is 29.1. The first-order valence-electron chi connectivity index (χ1n) is 12.9. The molecule has 11 heteroatoms. The Morgan fingerprint density at radius 1 is 1.13 bits per heavy atom. The summed E-state index contributed by atoms with van der Waals surface area (Å²) in [5.41, 5.74) is -1.74. The molecule has 2 aromatic heterocycles. The summed E-state index contributed by atoms with van der Waals surface area (Å²) >= 11 is 1.02. The first kappa shape index (κ1) is 30.1. The van der Waals surface area contributed by atoms with Gasteiger partial charge in [0.05, 0.1) is 31.8 Å². The number of hydrogen-bond donors (Lipinski definition) is 1. The lowest BCUT2D eigenvalue weighted by Gasteiger charge is -2.28. The molecule has 0 fully saturated rings. The lowest BCUT2D eigenvalue weighted by molar-refractivity contribution is -0.128. The van der Waals surface area contributed by atoms with E-state index < -0.39 is 34.8 Å². The highest BCUT2D eigenvalue weighted by atomic mass is 32.1. The van der Waals surface area contributed by atoms with Crippen molar-refractivity contribution in [2.45, 2.75) is 72.8 Å². The molecule has 0 unspecified atom stereocenters. The molecule has 212 valence electrons. The van der Waals surface area contributed by atoms with Gasteiger partial charge in [-0.25, -0.2) is 14.2 Å². The zero-order valence-electron chi connectivity index (χ0n) is 23.7. The van der Waals surface area contributed by atoms with Gasteiger partial charge in [0.1, 0.15) is 27.1 Å². The first-order valence-corrected chi connectivity index (χ1v) is 13.7. The van der Waals surface area contributed by atoms with Crippen molar-refractivity contribution in [2.75, 3.05) is 20.3 Å². The van der Waals surface area contributed by atoms with Crippen LogP contribution in [-0.4, -0.2) is 47.4 Å². The van der Waals surface area contributed by atoms with E-state index in [-0.39, 0.29) is 29.5 Å². The maximum Gasteiger partial charge on any atom is 0.348 e. The summed E-state index contributed by atoms with van der Waals surface area (Å²) in [7, 11) is 1.55. The molecule has 10 nitrogen and oxygen atoms in total. The van der Waals surface area contributed by atoms with Gasteiger partial charge in [-0.3, -0.25) is 14.2 Å². The van der Waals surface area contributed by atoms with Gasteiger partial charge in [0.2, 0.25) is 5.91 Å². The topological polar surface area (TPSA) is 118 Å². The van der Waals surface area contributed by atoms with Crippen LogP contribution in [0.3, 0.4) is 0 Å². The van der Waals surface area contributed by atoms with Gasteiger partial charge < -0.3 is 19.5 Å². The number of carbonyl (C=O) groups excluding carboxylic acids is 2. The Hall–Kier alpha value is -3.44. The van der Waals surface area contributed by atoms with E-state index in [1.807, 2.05) is 32.0 Å². The van der Waals surface area contributed by atoms with Crippen LogP contribution in [0.2, 0.25) is 0 Å². The van der Waals surface area contributed by atoms with Gasteiger partial charge >= 0.3 is 11.7 Å². The molecule has 1 aromatic carbocycles. The molecule has 0 aliphatic rings. The molecule has 0 spiro atoms. The van der Waals surface area contributed by atoms with Gasteiger partial charge in [-0.1, -0.05) is 18.2 Å². The number of rotatable bonds is 11. The number of aromatic nitrogens is 2. The van der Waals surface area contributed by atoms with Gasteiger partial charge in [-0.05, 0) is 60.1 Å². The molecular formula is C28H37N3O7S. The Balaban J connectivity index is 2.40. The molecule has 3 aromatic rings. The molecule has 1 N–H and O–H groups in total. The molecule has 0 aliphatic heterocycles. The van der Waals surface area contributed by atoms with E-state index in [0.717, 1.165) is 15.9 Å². The summed E-state index contributed by atoms with van der Waals surface area (Å²) in [5.74, 6) is -0.477. The highest BCUT2D eigenvalue weighted by Crippen LogP contribution is 2.33. The lowest BCUT2D eigenvalue weighted by Crippen LogP contribution is -2.55. The van der Waals surface area contributed by atoms with Crippen LogP contribution in [0.15, 0.2) is 33.9 Å². The number of nitrogens with zero attached hydrogens (tertiary/aromatic N) is 2. The second-order valence-corrected chi connectivity index (χ2v) is 10.8. The molecule has 39 heavy (non-hydrogen) atoms. The minimum atomic E-state index is -1.52. The molecule has 1 amide bonds. The number of thiophene rings is 1. The van der Waals surface area contributed by atoms with Crippen molar-refractivity contribution >= 4 is 33.4 Å². The summed E-state index contributed by atoms with van der Waals surface area (Å²) in [6.07, 6.45) is -0.849. The molecule has 2 heterocycles. The van der Waals surface area contributed by atoms with Crippen LogP contribution in [-0.2, 0) is 26.4 Å². The predicted octanol–water partition coefficient (Wildman–Crippen LogP) is 3.76. The summed E-state index contributed by atoms with van der Waals surface area (Å²) in [4.78, 5) is 54.4. The Labute approximate surface area is 231 Å². The number of carbonyl (C=O) groups is 2. The number of fused-ring (bicyclic) bond motifs is 1. The number of para-hydroxylation sites is 1. The van der Waals surface area contributed by atoms with E-state index in [4.69, 9.17) is 14.2 Å². The van der Waals surface area contributed by atoms with Gasteiger partial charge in [0.25, 0.3) is 5.56 Å². The van der Waals surface area contributed by atoms with Crippen molar-refractivity contribution in [3.8, 4) is 5.75 Å². The quantitative estimate of drug-likeness (QED) is 0.356. The molecule has 0 bridgehead atoms. The number of methoxy groups -OCH3 is 1. The minimum Gasteiger partial charge on any atom is -0.496 e. The van der Waals surface area contributed by atoms with Gasteiger partial charge in [0.15, 0.2) is 0 Å². The van der Waals surface area contributed by atoms with E-state index >= 15 is 0 Å². The fourth-order valence-corrected chi connectivity index (χ4v) is 5.71. The molecule has 3 rings (SSSR count). The third-order valence-corrected chi connectivity index (χ3v) is 7.69. The second kappa shape index (κ2) is 12.2. The molecular weight excluding hydrogens is 522 g/mol. The highest BCUT2D eigenvalue weighted by molar-refractivity contribution is 7.20. The van der Waals surface area contributed by atoms with E-state index in [0.29, 0.717) is 28.3 Å². The Kier molecular flexibility index (Phi) is 9.39. The Morgan fingerprint density at radius 3 is 2.38 bits per heavy atom. The van der Waals surface area contributed by atoms with Crippen molar-refractivity contribution in [3.05, 3.63) is 61.1 Å². The third kappa shape index (κ3) is 5.79. The van der Waals surface area contributed by atoms with Crippen LogP contribution >= 0.6 is 11.3 Å². The summed E-state index contributed by atoms with van der Waals surface area (Å²) in [6, 6.07) is 7.34. The largest absolute Gasteiger partial charge is 0.496 e. The molecule has 0 aliphatic carbocycles. The minimum absolute atomic E-state index is 0.00185. The average molecular weight is 560 g/mol. The number of ether oxygens (including phenoxy) is 3. The number of esters is 1. The average Bonchev–Trinajstić information content (AvgIpc) is 3.23. The van der Waals surface area contributed by atoms with Crippen LogP contribution in [0.5, 0.6) is 5.75 Å². The second-order valence-electron chi connectivity index (χ2n) is 9.82. The lowest BCUT2D eigenvalue weighted by atomic mass is 10.0. The smallest absolute Gasteiger partial charge is 0.348 e. The fraction of sp³-hybridized carbons (Fsp3) is 0.500. The molecule has 0 radical (unpaired) electrons. The van der Waals surface area contributed by atoms with Crippen molar-refractivity contribution in [3.63, 3.8) is 0 Å². The summed E-state index contributed by atoms with van der Waals surface area (Å²) < 4.78 is 19.4. The summed E-state index contributed by atoms with van der Waals surface area (Å²) in [5, 5.41) is 2.89. The van der Waals surface area contributed by atoms with Crippen molar-refractivity contribution in [2.24, 2.45) is 0 Å². The van der Waals surface area contributed by atoms with E-state index in [1.165, 1.54) is 18.4 Å². The van der Waals surface area contributed by atoms with Crippen LogP contribution in [0, 0.1) is 6.92 Å². The van der Waals surface area contributed by atoms with Crippen molar-refractivity contribution in [1.29, 1.82) is 0 Å². The highest BCUT2D eigenvalue weighted by Gasteiger charge is 2.36. The molecule has 0 saturated heterocycles. The van der Waals surface area contributed by atoms with Crippen LogP contribution in [0.4, 0.5) is 0 Å². The third-order valence-electron chi connectivity index (χ3n) is 6.40. The number of aryl methyl sites for hydroxylation is 1. The van der Waals surface area contributed by atoms with Crippen LogP contribution < -0.4 is 21.3 Å². The van der Waals surface area contributed by atoms with Crippen molar-refractivity contribution in [1.82, 2.24) is 14.5 Å². The maximum atomic E-state index is 14.1.